The molecule has 0 saturated carbocycles. The normalized spacial score (nSPS) is 12.8. The average molecular weight is 160 g/mol. The van der Waals surface area contributed by atoms with Crippen molar-refractivity contribution in [2.75, 3.05) is 20.6 Å². The molecule has 0 heterocycles. The second-order valence-electron chi connectivity index (χ2n) is 2.36. The number of nitrogens with zero attached hydrogens (tertiary/aromatic N) is 1. The third-order valence-electron chi connectivity index (χ3n) is 1.65. The molecule has 0 aromatic rings. The molecule has 0 bridgehead atoms. The maximum absolute atomic E-state index is 5.16. The first-order valence-electron chi connectivity index (χ1n) is 3.55. The van der Waals surface area contributed by atoms with E-state index in [-0.39, 0.29) is 0 Å². The number of hydrogen-bond acceptors (Lipinski definition) is 2. The van der Waals surface area contributed by atoms with Gasteiger partial charge in [-0.2, -0.15) is 0 Å². The summed E-state index contributed by atoms with van der Waals surface area (Å²) in [6.45, 7) is 5.13. The van der Waals surface area contributed by atoms with E-state index in [1.165, 1.54) is 0 Å². The van der Waals surface area contributed by atoms with Crippen LogP contribution >= 0.6 is 12.2 Å². The molecule has 60 valence electrons. The minimum absolute atomic E-state index is 0.306. The molecule has 0 aromatic heterocycles. The molecule has 0 aliphatic rings. The van der Waals surface area contributed by atoms with Gasteiger partial charge in [0.2, 0.25) is 0 Å². The predicted molar refractivity (Wildman–Crippen MR) is 49.4 cm³/mol. The first kappa shape index (κ1) is 9.85. The van der Waals surface area contributed by atoms with Gasteiger partial charge in [-0.05, 0) is 20.9 Å². The first-order valence-corrected chi connectivity index (χ1v) is 3.96. The van der Waals surface area contributed by atoms with Crippen molar-refractivity contribution in [1.29, 1.82) is 0 Å². The van der Waals surface area contributed by atoms with E-state index in [9.17, 15) is 0 Å². The summed E-state index contributed by atoms with van der Waals surface area (Å²) in [5.41, 5.74) is 0. The van der Waals surface area contributed by atoms with Crippen LogP contribution in [0.1, 0.15) is 13.8 Å². The van der Waals surface area contributed by atoms with Gasteiger partial charge in [0.05, 0.1) is 11.0 Å². The van der Waals surface area contributed by atoms with E-state index >= 15 is 0 Å². The lowest BCUT2D eigenvalue weighted by Gasteiger charge is -2.22. The molecular weight excluding hydrogens is 144 g/mol. The summed E-state index contributed by atoms with van der Waals surface area (Å²) in [6.07, 6.45) is 0. The van der Waals surface area contributed by atoms with E-state index in [0.29, 0.717) is 6.04 Å². The Hall–Kier alpha value is -0.150. The molecule has 1 N–H and O–H groups in total. The van der Waals surface area contributed by atoms with Crippen LogP contribution in [-0.4, -0.2) is 36.6 Å². The van der Waals surface area contributed by atoms with Crippen molar-refractivity contribution < 1.29 is 0 Å². The highest BCUT2D eigenvalue weighted by molar-refractivity contribution is 7.80. The first-order chi connectivity index (χ1) is 4.63. The van der Waals surface area contributed by atoms with Crippen LogP contribution < -0.4 is 5.32 Å². The minimum atomic E-state index is 0.306. The van der Waals surface area contributed by atoms with Gasteiger partial charge in [-0.15, -0.1) is 0 Å². The summed E-state index contributed by atoms with van der Waals surface area (Å²) in [5, 5.41) is 3.10. The lowest BCUT2D eigenvalue weighted by atomic mass is 10.3. The molecule has 0 aliphatic heterocycles. The Morgan fingerprint density at radius 3 is 2.50 bits per heavy atom. The fraction of sp³-hybridized carbons (Fsp3) is 0.857. The Bertz CT molecular complexity index is 102. The van der Waals surface area contributed by atoms with Crippen LogP contribution in [0.2, 0.25) is 0 Å². The molecule has 0 fully saturated rings. The maximum atomic E-state index is 5.16. The molecule has 2 nitrogen and oxygen atoms in total. The van der Waals surface area contributed by atoms with E-state index in [1.54, 1.807) is 0 Å². The highest BCUT2D eigenvalue weighted by Crippen LogP contribution is 1.92. The number of likely N-dealkylation sites (N-methyl/N-ethyl adjacent to an activating group) is 2. The van der Waals surface area contributed by atoms with Crippen LogP contribution in [0.3, 0.4) is 0 Å². The van der Waals surface area contributed by atoms with Crippen molar-refractivity contribution >= 4 is 17.2 Å². The lowest BCUT2D eigenvalue weighted by molar-refractivity contribution is 0.514. The number of hydrogen-bond donors (Lipinski definition) is 1. The van der Waals surface area contributed by atoms with Gasteiger partial charge in [0, 0.05) is 13.6 Å². The van der Waals surface area contributed by atoms with E-state index in [2.05, 4.69) is 24.1 Å². The fourth-order valence-corrected chi connectivity index (χ4v) is 0.857. The van der Waals surface area contributed by atoms with E-state index in [1.807, 2.05) is 14.1 Å². The summed E-state index contributed by atoms with van der Waals surface area (Å²) < 4.78 is 0. The molecule has 0 spiro atoms. The van der Waals surface area contributed by atoms with E-state index in [0.717, 1.165) is 11.5 Å². The Labute approximate surface area is 68.6 Å². The standard InChI is InChI=1S/C7H16N2S/c1-5-9(4)7(10)6(2)8-3/h6,8H,5H2,1-4H3. The maximum Gasteiger partial charge on any atom is 0.0946 e. The van der Waals surface area contributed by atoms with Crippen molar-refractivity contribution in [3.8, 4) is 0 Å². The average Bonchev–Trinajstić information content (AvgIpc) is 2.00. The van der Waals surface area contributed by atoms with Crippen molar-refractivity contribution in [3.63, 3.8) is 0 Å². The monoisotopic (exact) mass is 160 g/mol. The highest BCUT2D eigenvalue weighted by Gasteiger charge is 2.07. The molecule has 0 rings (SSSR count). The largest absolute Gasteiger partial charge is 0.368 e. The quantitative estimate of drug-likeness (QED) is 0.617. The molecule has 0 aromatic carbocycles. The molecule has 0 radical (unpaired) electrons. The van der Waals surface area contributed by atoms with Crippen LogP contribution in [0.4, 0.5) is 0 Å². The second-order valence-corrected chi connectivity index (χ2v) is 2.78. The van der Waals surface area contributed by atoms with Crippen LogP contribution in [0.15, 0.2) is 0 Å². The van der Waals surface area contributed by atoms with E-state index < -0.39 is 0 Å². The molecule has 0 amide bonds. The van der Waals surface area contributed by atoms with Gasteiger partial charge in [-0.25, -0.2) is 0 Å². The minimum Gasteiger partial charge on any atom is -0.368 e. The lowest BCUT2D eigenvalue weighted by Crippen LogP contribution is -2.40. The van der Waals surface area contributed by atoms with Gasteiger partial charge in [0.1, 0.15) is 0 Å². The molecule has 3 heteroatoms. The van der Waals surface area contributed by atoms with Gasteiger partial charge < -0.3 is 10.2 Å². The Morgan fingerprint density at radius 1 is 1.70 bits per heavy atom. The van der Waals surface area contributed by atoms with Crippen molar-refractivity contribution in [2.24, 2.45) is 0 Å². The predicted octanol–water partition coefficient (Wildman–Crippen LogP) is 0.873. The van der Waals surface area contributed by atoms with Crippen LogP contribution in [-0.2, 0) is 0 Å². The summed E-state index contributed by atoms with van der Waals surface area (Å²) in [6, 6.07) is 0.306. The molecule has 1 atom stereocenters. The topological polar surface area (TPSA) is 15.3 Å². The summed E-state index contributed by atoms with van der Waals surface area (Å²) in [4.78, 5) is 3.04. The zero-order chi connectivity index (χ0) is 8.15. The summed E-state index contributed by atoms with van der Waals surface area (Å²) >= 11 is 5.16. The Balaban J connectivity index is 3.82. The second kappa shape index (κ2) is 4.63. The molecule has 10 heavy (non-hydrogen) atoms. The van der Waals surface area contributed by atoms with Crippen molar-refractivity contribution in [3.05, 3.63) is 0 Å². The molecule has 0 saturated heterocycles. The zero-order valence-electron chi connectivity index (χ0n) is 7.14. The van der Waals surface area contributed by atoms with Crippen LogP contribution in [0, 0.1) is 0 Å². The highest BCUT2D eigenvalue weighted by atomic mass is 32.1. The Morgan fingerprint density at radius 2 is 2.20 bits per heavy atom. The van der Waals surface area contributed by atoms with E-state index in [4.69, 9.17) is 12.2 Å². The molecule has 1 unspecified atom stereocenters. The number of thiocarbonyl (C=S) groups is 1. The van der Waals surface area contributed by atoms with Gasteiger partial charge >= 0.3 is 0 Å². The van der Waals surface area contributed by atoms with Gasteiger partial charge in [0.15, 0.2) is 0 Å². The molecule has 0 aliphatic carbocycles. The SMILES string of the molecule is CCN(C)C(=S)C(C)NC. The summed E-state index contributed by atoms with van der Waals surface area (Å²) in [7, 11) is 3.93. The number of nitrogens with one attached hydrogen (secondary N) is 1. The van der Waals surface area contributed by atoms with Crippen LogP contribution in [0.5, 0.6) is 0 Å². The van der Waals surface area contributed by atoms with Crippen LogP contribution in [0.25, 0.3) is 0 Å². The van der Waals surface area contributed by atoms with Crippen molar-refractivity contribution in [2.45, 2.75) is 19.9 Å². The van der Waals surface area contributed by atoms with Gasteiger partial charge in [0.25, 0.3) is 0 Å². The fourth-order valence-electron chi connectivity index (χ4n) is 0.610. The van der Waals surface area contributed by atoms with Crippen molar-refractivity contribution in [1.82, 2.24) is 10.2 Å². The Kier molecular flexibility index (Phi) is 4.56. The van der Waals surface area contributed by atoms with Gasteiger partial charge in [-0.3, -0.25) is 0 Å². The van der Waals surface area contributed by atoms with Gasteiger partial charge in [-0.1, -0.05) is 12.2 Å². The zero-order valence-corrected chi connectivity index (χ0v) is 7.96. The third kappa shape index (κ3) is 2.62. The number of rotatable bonds is 3. The summed E-state index contributed by atoms with van der Waals surface area (Å²) in [5.74, 6) is 0. The third-order valence-corrected chi connectivity index (χ3v) is 2.32. The smallest absolute Gasteiger partial charge is 0.0946 e. The molecular formula is C7H16N2S.